The molecule has 0 aliphatic heterocycles. The third kappa shape index (κ3) is 15.7. The van der Waals surface area contributed by atoms with Gasteiger partial charge in [-0.15, -0.1) is 10.2 Å². The number of nitrogens with zero attached hydrogens (tertiary/aromatic N) is 10. The van der Waals surface area contributed by atoms with Gasteiger partial charge >= 0.3 is 30.7 Å². The highest BCUT2D eigenvalue weighted by Crippen LogP contribution is 2.39. The summed E-state index contributed by atoms with van der Waals surface area (Å²) in [6.45, 7) is 0. The van der Waals surface area contributed by atoms with Gasteiger partial charge in [0.1, 0.15) is 47.3 Å². The van der Waals surface area contributed by atoms with Crippen LogP contribution in [0.25, 0.3) is 35.2 Å². The van der Waals surface area contributed by atoms with E-state index >= 15 is 0 Å². The first-order chi connectivity index (χ1) is 30.2. The molecule has 4 aromatic heterocycles. The van der Waals surface area contributed by atoms with E-state index in [0.29, 0.717) is 41.3 Å². The molecule has 0 saturated heterocycles. The number of aliphatic carboxylic acids is 1. The minimum atomic E-state index is -5.00. The van der Waals surface area contributed by atoms with Gasteiger partial charge in [-0.2, -0.15) is 52.7 Å². The van der Waals surface area contributed by atoms with Crippen LogP contribution in [0.3, 0.4) is 0 Å². The molecule has 65 heavy (non-hydrogen) atoms. The summed E-state index contributed by atoms with van der Waals surface area (Å²) in [6, 6.07) is 4.82. The molecule has 0 atom stereocenters. The molecule has 1 amide bonds. The molecule has 4 heterocycles. The number of alkyl halides is 12. The molecule has 0 bridgehead atoms. The van der Waals surface area contributed by atoms with Crippen LogP contribution in [0.4, 0.5) is 64.3 Å². The van der Waals surface area contributed by atoms with Gasteiger partial charge in [0.05, 0.1) is 22.3 Å². The van der Waals surface area contributed by atoms with Crippen molar-refractivity contribution in [3.63, 3.8) is 0 Å². The van der Waals surface area contributed by atoms with Crippen LogP contribution < -0.4 is 22.1 Å². The van der Waals surface area contributed by atoms with Gasteiger partial charge in [-0.3, -0.25) is 15.6 Å². The van der Waals surface area contributed by atoms with Gasteiger partial charge in [-0.05, 0) is 36.4 Å². The van der Waals surface area contributed by atoms with Crippen molar-refractivity contribution in [2.75, 3.05) is 10.9 Å². The molecule has 6 N–H and O–H groups in total. The lowest BCUT2D eigenvalue weighted by atomic mass is 10.0. The van der Waals surface area contributed by atoms with E-state index in [0.717, 1.165) is 46.8 Å². The average Bonchev–Trinajstić information content (AvgIpc) is 3.91. The van der Waals surface area contributed by atoms with Crippen LogP contribution in [0.1, 0.15) is 22.3 Å². The van der Waals surface area contributed by atoms with Gasteiger partial charge in [-0.1, -0.05) is 23.2 Å². The molecule has 0 aliphatic carbocycles. The summed E-state index contributed by atoms with van der Waals surface area (Å²) in [4.78, 5) is 44.3. The van der Waals surface area contributed by atoms with Gasteiger partial charge < -0.3 is 10.5 Å². The fourth-order valence-corrected chi connectivity index (χ4v) is 4.69. The van der Waals surface area contributed by atoms with Crippen LogP contribution >= 0.6 is 23.2 Å². The molecule has 0 fully saturated rings. The Hall–Kier alpha value is -7.40. The number of carbonyl (C=O) groups excluding carboxylic acids is 1. The van der Waals surface area contributed by atoms with Gasteiger partial charge in [0.15, 0.2) is 11.6 Å². The fraction of sp³-hybridized carbons (Fsp3) is 0.118. The third-order valence-corrected chi connectivity index (χ3v) is 7.60. The Balaban J connectivity index is 0.000000245. The summed E-state index contributed by atoms with van der Waals surface area (Å²) in [5.41, 5.74) is 0.0500. The number of nitrogens with two attached hydrogens (primary N) is 1. The largest absolute Gasteiger partial charge is 0.478 e. The van der Waals surface area contributed by atoms with Crippen LogP contribution in [-0.2, 0) is 34.3 Å². The van der Waals surface area contributed by atoms with Gasteiger partial charge in [0.25, 0.3) is 5.91 Å². The SMILES string of the molecule is NNc1cc(Cl)ncn1.O=C(/C=C\n1cnc(-c2cc(C(F)(F)F)cc(C(F)(F)F)c2)n1)NNc1cc(Cl)ncn1.O=C(O)/C=C\n1cnc(-c2cc(C(F)(F)F)cc(C(F)(F)F)c2)n1. The minimum absolute atomic E-state index is 0.00255. The summed E-state index contributed by atoms with van der Waals surface area (Å²) in [5.74, 6) is 2.91. The zero-order valence-corrected chi connectivity index (χ0v) is 32.9. The zero-order chi connectivity index (χ0) is 48.3. The van der Waals surface area contributed by atoms with Crippen LogP contribution in [0, 0.1) is 0 Å². The molecule has 31 heteroatoms. The van der Waals surface area contributed by atoms with Crippen molar-refractivity contribution in [2.24, 2.45) is 5.84 Å². The topological polar surface area (TPSA) is 229 Å². The molecule has 2 aromatic carbocycles. The molecule has 0 spiro atoms. The number of hydrogen-bond donors (Lipinski definition) is 5. The molecule has 0 saturated carbocycles. The number of carboxylic acids is 1. The Morgan fingerprint density at radius 3 is 1.31 bits per heavy atom. The van der Waals surface area contributed by atoms with Crippen molar-refractivity contribution in [3.8, 4) is 22.8 Å². The Morgan fingerprint density at radius 1 is 0.569 bits per heavy atom. The smallest absolute Gasteiger partial charge is 0.416 e. The second-order valence-electron chi connectivity index (χ2n) is 11.9. The van der Waals surface area contributed by atoms with Gasteiger partial charge in [0.2, 0.25) is 0 Å². The maximum atomic E-state index is 13.0. The van der Waals surface area contributed by atoms with E-state index in [4.69, 9.17) is 34.2 Å². The van der Waals surface area contributed by atoms with Crippen LogP contribution in [0.15, 0.2) is 86.0 Å². The lowest BCUT2D eigenvalue weighted by Crippen LogP contribution is -2.28. The number of hydrogen-bond acceptors (Lipinski definition) is 13. The van der Waals surface area contributed by atoms with Crippen LogP contribution in [0.2, 0.25) is 10.3 Å². The molecule has 17 nitrogen and oxygen atoms in total. The van der Waals surface area contributed by atoms with Crippen molar-refractivity contribution < 1.29 is 67.4 Å². The van der Waals surface area contributed by atoms with E-state index in [1.165, 1.54) is 18.5 Å². The Bertz CT molecular complexity index is 2600. The lowest BCUT2D eigenvalue weighted by molar-refractivity contribution is -0.144. The first-order valence-electron chi connectivity index (χ1n) is 16.7. The van der Waals surface area contributed by atoms with Crippen LogP contribution in [0.5, 0.6) is 0 Å². The number of nitrogen functional groups attached to an aromatic ring is 1. The van der Waals surface area contributed by atoms with E-state index in [2.05, 4.69) is 56.4 Å². The number of aromatic nitrogens is 10. The quantitative estimate of drug-likeness (QED) is 0.0304. The summed E-state index contributed by atoms with van der Waals surface area (Å²) in [6.07, 6.45) is -11.9. The Morgan fingerprint density at radius 2 is 0.954 bits per heavy atom. The predicted molar refractivity (Wildman–Crippen MR) is 203 cm³/mol. The number of amides is 1. The molecular formula is C34H22Cl2F12N14O3. The molecule has 6 rings (SSSR count). The molecule has 0 unspecified atom stereocenters. The third-order valence-electron chi connectivity index (χ3n) is 7.19. The number of nitrogens with one attached hydrogen (secondary N) is 3. The average molecular weight is 974 g/mol. The molecule has 0 aliphatic rings. The lowest BCUT2D eigenvalue weighted by Gasteiger charge is -2.13. The van der Waals surface area contributed by atoms with Gasteiger partial charge in [0, 0.05) is 47.8 Å². The summed E-state index contributed by atoms with van der Waals surface area (Å²) >= 11 is 11.1. The molecule has 0 radical (unpaired) electrons. The minimum Gasteiger partial charge on any atom is -0.478 e. The van der Waals surface area contributed by atoms with Crippen molar-refractivity contribution in [3.05, 3.63) is 119 Å². The van der Waals surface area contributed by atoms with E-state index < -0.39 is 81.6 Å². The van der Waals surface area contributed by atoms with Crippen LogP contribution in [-0.4, -0.2) is 66.4 Å². The Kier molecular flexibility index (Phi) is 16.1. The molecule has 344 valence electrons. The first kappa shape index (κ1) is 50.2. The highest BCUT2D eigenvalue weighted by atomic mass is 35.5. The highest BCUT2D eigenvalue weighted by molar-refractivity contribution is 6.29. The van der Waals surface area contributed by atoms with Gasteiger partial charge in [-0.25, -0.2) is 49.9 Å². The zero-order valence-electron chi connectivity index (χ0n) is 31.3. The van der Waals surface area contributed by atoms with Crippen molar-refractivity contribution in [2.45, 2.75) is 24.7 Å². The van der Waals surface area contributed by atoms with E-state index in [1.54, 1.807) is 0 Å². The second-order valence-corrected chi connectivity index (χ2v) is 12.6. The fourth-order valence-electron chi connectivity index (χ4n) is 4.39. The summed E-state index contributed by atoms with van der Waals surface area (Å²) in [5, 5.41) is 16.3. The second kappa shape index (κ2) is 20.9. The predicted octanol–water partition coefficient (Wildman–Crippen LogP) is 7.99. The number of anilines is 2. The van der Waals surface area contributed by atoms with E-state index in [1.807, 2.05) is 0 Å². The summed E-state index contributed by atoms with van der Waals surface area (Å²) in [7, 11) is 0. The molecule has 6 aromatic rings. The number of rotatable bonds is 9. The van der Waals surface area contributed by atoms with Crippen molar-refractivity contribution >= 4 is 59.1 Å². The maximum absolute atomic E-state index is 13.0. The van der Waals surface area contributed by atoms with Crippen molar-refractivity contribution in [1.29, 1.82) is 0 Å². The van der Waals surface area contributed by atoms with E-state index in [9.17, 15) is 62.3 Å². The Labute approximate surface area is 363 Å². The normalized spacial score (nSPS) is 12.0. The number of halogens is 14. The van der Waals surface area contributed by atoms with Crippen molar-refractivity contribution in [1.82, 2.24) is 54.9 Å². The number of carboxylic acid groups (broad SMARTS) is 1. The van der Waals surface area contributed by atoms with E-state index in [-0.39, 0.29) is 23.1 Å². The summed E-state index contributed by atoms with van der Waals surface area (Å²) < 4.78 is 156. The number of hydrazine groups is 2. The standard InChI is InChI=1S/C17H10ClF6N7O.C13H7F6N3O2.C4H5ClN4/c18-12-6-13(26-7-25-12)28-29-14(32)1-2-31-8-27-15(30-31)9-3-10(16(19,20)21)5-11(4-9)17(22,23)24;14-12(15,16)8-3-7(4-9(5-8)13(17,18)19)11-20-6-22(21-11)2-1-10(23)24;5-3-1-4(9-6)8-2-7-3/h1-8H,(H,29,32)(H,25,26,28);1-6H,(H,23,24);1-2H,6H2,(H,7,8,9)/b2*2-1-;. The highest BCUT2D eigenvalue weighted by Gasteiger charge is 2.38. The monoisotopic (exact) mass is 972 g/mol. The maximum Gasteiger partial charge on any atom is 0.416 e. The number of benzene rings is 2. The first-order valence-corrected chi connectivity index (χ1v) is 17.5. The molecular weight excluding hydrogens is 951 g/mol. The number of carbonyl (C=O) groups is 2.